The fraction of sp³-hybridized carbons (Fsp3) is 0.329. The third kappa shape index (κ3) is 16.7. The molecule has 0 unspecified atom stereocenters. The summed E-state index contributed by atoms with van der Waals surface area (Å²) in [7, 11) is 0. The summed E-state index contributed by atoms with van der Waals surface area (Å²) in [6.45, 7) is 14.1. The third-order valence-corrected chi connectivity index (χ3v) is 23.3. The van der Waals surface area contributed by atoms with E-state index >= 15 is 0 Å². The number of hydrogen-bond donors (Lipinski definition) is 5. The van der Waals surface area contributed by atoms with E-state index in [0.717, 1.165) is 189 Å². The molecular formula is C82H89N25O5S2. The number of rotatable bonds is 16. The number of thiazole rings is 2. The van der Waals surface area contributed by atoms with E-state index in [-0.39, 0.29) is 59.7 Å². The van der Waals surface area contributed by atoms with Gasteiger partial charge in [-0.3, -0.25) is 19.2 Å². The molecule has 5 N–H and O–H groups in total. The predicted molar refractivity (Wildman–Crippen MR) is 441 cm³/mol. The summed E-state index contributed by atoms with van der Waals surface area (Å²) in [5.41, 5.74) is 9.56. The van der Waals surface area contributed by atoms with Crippen LogP contribution in [0.5, 0.6) is 0 Å². The molecule has 4 atom stereocenters. The molecule has 6 saturated heterocycles. The van der Waals surface area contributed by atoms with Gasteiger partial charge in [-0.25, -0.2) is 44.6 Å². The number of piperidine rings is 1. The average Bonchev–Trinajstić information content (AvgIpc) is 1.67. The van der Waals surface area contributed by atoms with E-state index in [1.54, 1.807) is 34.9 Å². The van der Waals surface area contributed by atoms with Crippen molar-refractivity contribution in [1.29, 1.82) is 0 Å². The van der Waals surface area contributed by atoms with Crippen LogP contribution in [0.3, 0.4) is 0 Å². The van der Waals surface area contributed by atoms with Crippen LogP contribution in [-0.4, -0.2) is 209 Å². The van der Waals surface area contributed by atoms with Crippen molar-refractivity contribution in [2.45, 2.75) is 95.5 Å². The van der Waals surface area contributed by atoms with Crippen molar-refractivity contribution in [3.63, 3.8) is 0 Å². The Morgan fingerprint density at radius 2 is 0.807 bits per heavy atom. The lowest BCUT2D eigenvalue weighted by Crippen LogP contribution is -2.38. The number of nitrogens with zero attached hydrogens (tertiary/aromatic N) is 21. The number of carbonyl (C=O) groups is 4. The summed E-state index contributed by atoms with van der Waals surface area (Å²) in [6.07, 6.45) is 31.9. The first-order valence-corrected chi connectivity index (χ1v) is 40.7. The standard InChI is InChI=1S/C21H21N7O.C21H26N6O2S.C21H20N6O.C19H22N6OS/c1-15-12-26-10-5-8-18(26)20(23-15)27-11-9-16(13-27)24-21(29)19-22-14-28(25-19)17-6-3-2-4-7-17;1-14-11-26-7-2-3-18(26)19(22-14)27-8-4-15(12-27)23-20(29)17-13-30-21(24-17)25-9-5-16(28)6-10-25;28-21(18-14-27(15-23-18)17-5-2-1-3-6-17)24-16-8-11-26(13-16)20-19-7-4-10-25(19)12-9-22-20;26-18(15-13-27-19(22-15)24-7-1-2-8-24)21-14-5-10-25(12-14)17-16-4-3-9-23(16)11-6-20-17/h2-8,10,12,14,16H,9,11,13H2,1H3,(H,24,29);2-3,7,11,13,15-16,28H,4-6,8-10,12H2,1H3,(H,23,29);1-7,9-10,12,14-16H,8,11,13H2,(H,24,28);3-4,6,9,11,13-14H,1-2,5,7-8,10,12H2,(H,21,26)/t16-;15-;16-;14-/m0000/s1. The van der Waals surface area contributed by atoms with E-state index in [1.165, 1.54) is 24.2 Å². The van der Waals surface area contributed by atoms with E-state index < -0.39 is 0 Å². The van der Waals surface area contributed by atoms with Crippen molar-refractivity contribution < 1.29 is 24.3 Å². The molecule has 14 aromatic rings. The van der Waals surface area contributed by atoms with Gasteiger partial charge in [0.2, 0.25) is 5.82 Å². The highest BCUT2D eigenvalue weighted by atomic mass is 32.1. The molecule has 32 heteroatoms. The Bertz CT molecular complexity index is 5680. The van der Waals surface area contributed by atoms with Crippen LogP contribution in [0.4, 0.5) is 33.5 Å². The lowest BCUT2D eigenvalue weighted by Gasteiger charge is -2.29. The summed E-state index contributed by atoms with van der Waals surface area (Å²) in [5, 5.41) is 32.0. The van der Waals surface area contributed by atoms with Gasteiger partial charge < -0.3 is 77.9 Å². The molecule has 584 valence electrons. The lowest BCUT2D eigenvalue weighted by atomic mass is 10.1. The van der Waals surface area contributed by atoms with Crippen molar-refractivity contribution in [3.8, 4) is 11.4 Å². The van der Waals surface area contributed by atoms with Crippen LogP contribution >= 0.6 is 22.7 Å². The maximum atomic E-state index is 12.8. The SMILES string of the molecule is Cc1cn2cccc2c(N2CC[C@H](NC(=O)c3csc(N4CCC(O)CC4)n3)C2)n1.Cc1cn2cccc2c(N2CC[C@H](NC(=O)c3ncn(-c4ccccc4)n3)C2)n1.O=C(N[C@H]1CCN(c2nccn3cccc23)C1)c1cn(-c2ccccc2)cn1.O=C(N[C@H]1CCN(c2nccn3cccc23)C1)c1csc(N2CCCC2)n1. The highest BCUT2D eigenvalue weighted by molar-refractivity contribution is 7.14. The lowest BCUT2D eigenvalue weighted by molar-refractivity contribution is 0.0923. The van der Waals surface area contributed by atoms with Gasteiger partial charge in [-0.05, 0) is 138 Å². The van der Waals surface area contributed by atoms with E-state index in [4.69, 9.17) is 9.97 Å². The molecule has 20 rings (SSSR count). The molecule has 0 aliphatic carbocycles. The van der Waals surface area contributed by atoms with Gasteiger partial charge >= 0.3 is 0 Å². The normalized spacial score (nSPS) is 18.3. The van der Waals surface area contributed by atoms with Gasteiger partial charge in [0.1, 0.15) is 29.7 Å². The Labute approximate surface area is 665 Å². The Morgan fingerprint density at radius 1 is 0.395 bits per heavy atom. The molecule has 0 radical (unpaired) electrons. The second kappa shape index (κ2) is 33.4. The number of aryl methyl sites for hydroxylation is 2. The highest BCUT2D eigenvalue weighted by Gasteiger charge is 2.33. The van der Waals surface area contributed by atoms with Crippen LogP contribution in [0, 0.1) is 13.8 Å². The van der Waals surface area contributed by atoms with Gasteiger partial charge in [-0.2, -0.15) is 0 Å². The molecule has 114 heavy (non-hydrogen) atoms. The zero-order chi connectivity index (χ0) is 77.6. The summed E-state index contributed by atoms with van der Waals surface area (Å²) >= 11 is 3.06. The summed E-state index contributed by atoms with van der Waals surface area (Å²) in [6, 6.07) is 36.1. The first-order valence-electron chi connectivity index (χ1n) is 38.9. The van der Waals surface area contributed by atoms with Crippen LogP contribution in [0.1, 0.15) is 105 Å². The van der Waals surface area contributed by atoms with Crippen molar-refractivity contribution in [1.82, 2.24) is 93.1 Å². The van der Waals surface area contributed by atoms with Crippen LogP contribution in [-0.2, 0) is 0 Å². The third-order valence-electron chi connectivity index (χ3n) is 21.5. The van der Waals surface area contributed by atoms with Crippen LogP contribution < -0.4 is 50.7 Å². The van der Waals surface area contributed by atoms with Crippen molar-refractivity contribution in [2.24, 2.45) is 0 Å². The Morgan fingerprint density at radius 3 is 1.29 bits per heavy atom. The largest absolute Gasteiger partial charge is 0.393 e. The van der Waals surface area contributed by atoms with Crippen molar-refractivity contribution in [3.05, 3.63) is 235 Å². The number of aliphatic hydroxyl groups excluding tert-OH is 1. The predicted octanol–water partition coefficient (Wildman–Crippen LogP) is 9.23. The van der Waals surface area contributed by atoms with Gasteiger partial charge in [0.25, 0.3) is 23.6 Å². The van der Waals surface area contributed by atoms with Gasteiger partial charge in [-0.15, -0.1) is 27.8 Å². The number of hydrogen-bond acceptors (Lipinski definition) is 22. The molecule has 30 nitrogen and oxygen atoms in total. The van der Waals surface area contributed by atoms with E-state index in [2.05, 4.69) is 128 Å². The molecular weight excluding hydrogens is 1480 g/mol. The minimum atomic E-state index is -0.253. The summed E-state index contributed by atoms with van der Waals surface area (Å²) < 4.78 is 11.8. The van der Waals surface area contributed by atoms with E-state index in [9.17, 15) is 24.3 Å². The van der Waals surface area contributed by atoms with Crippen molar-refractivity contribution >= 4 is 102 Å². The van der Waals surface area contributed by atoms with Gasteiger partial charge in [0, 0.05) is 187 Å². The van der Waals surface area contributed by atoms with Crippen molar-refractivity contribution in [2.75, 3.05) is 108 Å². The molecule has 4 amide bonds. The smallest absolute Gasteiger partial charge is 0.291 e. The quantitative estimate of drug-likeness (QED) is 0.0602. The number of fused-ring (bicyclic) bond motifs is 4. The summed E-state index contributed by atoms with van der Waals surface area (Å²) in [4.78, 5) is 100. The van der Waals surface area contributed by atoms with E-state index in [1.807, 2.05) is 176 Å². The van der Waals surface area contributed by atoms with Gasteiger partial charge in [0.15, 0.2) is 33.5 Å². The number of amides is 4. The molecule has 6 fully saturated rings. The molecule has 0 spiro atoms. The zero-order valence-electron chi connectivity index (χ0n) is 63.4. The fourth-order valence-electron chi connectivity index (χ4n) is 15.7. The first kappa shape index (κ1) is 74.2. The molecule has 0 saturated carbocycles. The molecule has 2 aromatic carbocycles. The number of carbonyl (C=O) groups excluding carboxylic acids is 4. The fourth-order valence-corrected chi connectivity index (χ4v) is 17.4. The minimum Gasteiger partial charge on any atom is -0.393 e. The topological polar surface area (TPSA) is 300 Å². The van der Waals surface area contributed by atoms with Gasteiger partial charge in [0.05, 0.1) is 45.2 Å². The monoisotopic (exact) mass is 1570 g/mol. The molecule has 0 bridgehead atoms. The minimum absolute atomic E-state index is 0.0310. The van der Waals surface area contributed by atoms with Crippen LogP contribution in [0.15, 0.2) is 201 Å². The second-order valence-electron chi connectivity index (χ2n) is 29.5. The summed E-state index contributed by atoms with van der Waals surface area (Å²) in [5.74, 6) is 3.45. The molecule has 6 aliphatic rings. The second-order valence-corrected chi connectivity index (χ2v) is 31.2. The number of imidazole rings is 1. The highest BCUT2D eigenvalue weighted by Crippen LogP contribution is 2.32. The number of benzene rings is 2. The Balaban J connectivity index is 0.000000110. The zero-order valence-corrected chi connectivity index (χ0v) is 65.0. The maximum absolute atomic E-state index is 12.8. The Kier molecular flexibility index (Phi) is 21.7. The van der Waals surface area contributed by atoms with Gasteiger partial charge in [-0.1, -0.05) is 36.4 Å². The molecule has 18 heterocycles. The number of nitrogens with one attached hydrogen (secondary N) is 4. The van der Waals surface area contributed by atoms with Crippen LogP contribution in [0.25, 0.3) is 33.4 Å². The molecule has 6 aliphatic heterocycles. The molecule has 12 aromatic heterocycles. The van der Waals surface area contributed by atoms with E-state index in [0.29, 0.717) is 23.6 Å². The number of aromatic nitrogens is 15. The first-order chi connectivity index (χ1) is 55.8. The number of aliphatic hydroxyl groups is 1. The number of anilines is 6. The number of para-hydroxylation sites is 2. The average molecular weight is 1570 g/mol. The maximum Gasteiger partial charge on any atom is 0.291 e. The van der Waals surface area contributed by atoms with Crippen LogP contribution in [0.2, 0.25) is 0 Å². The Hall–Kier alpha value is -12.6.